The van der Waals surface area contributed by atoms with Gasteiger partial charge in [-0.1, -0.05) is 13.3 Å². The molecule has 0 aromatic carbocycles. The molecule has 2 heteroatoms. The number of alkyl halides is 1. The second-order valence-electron chi connectivity index (χ2n) is 2.17. The third kappa shape index (κ3) is 3.96. The summed E-state index contributed by atoms with van der Waals surface area (Å²) in [5.74, 6) is -0.0139. The molecule has 0 aliphatic heterocycles. The molecule has 0 aromatic rings. The lowest BCUT2D eigenvalue weighted by atomic mass is 10.0. The van der Waals surface area contributed by atoms with Gasteiger partial charge in [-0.25, -0.2) is 0 Å². The number of nitrogens with zero attached hydrogens (tertiary/aromatic N) is 1. The molecule has 0 bridgehead atoms. The van der Waals surface area contributed by atoms with E-state index in [1.807, 2.05) is 13.0 Å². The van der Waals surface area contributed by atoms with E-state index < -0.39 is 0 Å². The predicted octanol–water partition coefficient (Wildman–Crippen LogP) is 2.29. The van der Waals surface area contributed by atoms with E-state index in [1.165, 1.54) is 0 Å². The average Bonchev–Trinajstić information content (AvgIpc) is 1.88. The highest BCUT2D eigenvalue weighted by molar-refractivity contribution is 4.74. The van der Waals surface area contributed by atoms with Crippen LogP contribution < -0.4 is 0 Å². The number of hydrogen-bond acceptors (Lipinski definition) is 1. The lowest BCUT2D eigenvalue weighted by Gasteiger charge is -2.04. The highest BCUT2D eigenvalue weighted by Crippen LogP contribution is 2.09. The van der Waals surface area contributed by atoms with E-state index in [4.69, 9.17) is 5.26 Å². The van der Waals surface area contributed by atoms with Crippen LogP contribution in [0.4, 0.5) is 4.39 Å². The fourth-order valence-electron chi connectivity index (χ4n) is 0.771. The van der Waals surface area contributed by atoms with Gasteiger partial charge in [0, 0.05) is 12.3 Å². The molecule has 1 unspecified atom stereocenters. The maximum absolute atomic E-state index is 11.9. The van der Waals surface area contributed by atoms with E-state index in [0.29, 0.717) is 6.42 Å². The van der Waals surface area contributed by atoms with Crippen molar-refractivity contribution in [3.05, 3.63) is 0 Å². The van der Waals surface area contributed by atoms with Gasteiger partial charge in [0.25, 0.3) is 0 Å². The van der Waals surface area contributed by atoms with Gasteiger partial charge < -0.3 is 0 Å². The molecular weight excluding hydrogens is 117 g/mol. The van der Waals surface area contributed by atoms with Gasteiger partial charge >= 0.3 is 0 Å². The Balaban J connectivity index is 3.32. The minimum absolute atomic E-state index is 0.0139. The van der Waals surface area contributed by atoms with E-state index in [-0.39, 0.29) is 12.6 Å². The summed E-state index contributed by atoms with van der Waals surface area (Å²) in [6.07, 6.45) is 2.17. The summed E-state index contributed by atoms with van der Waals surface area (Å²) < 4.78 is 11.9. The van der Waals surface area contributed by atoms with Crippen molar-refractivity contribution in [3.63, 3.8) is 0 Å². The zero-order valence-corrected chi connectivity index (χ0v) is 5.73. The Kier molecular flexibility index (Phi) is 5.20. The van der Waals surface area contributed by atoms with Gasteiger partial charge in [-0.3, -0.25) is 4.39 Å². The van der Waals surface area contributed by atoms with E-state index in [1.54, 1.807) is 0 Å². The molecule has 0 N–H and O–H groups in total. The molecule has 0 aliphatic rings. The standard InChI is InChI=1S/C7H12FN/c1-2-3-7(6-8)4-5-9/h7H,2-4,6H2,1H3. The number of halogens is 1. The summed E-state index contributed by atoms with van der Waals surface area (Å²) >= 11 is 0. The highest BCUT2D eigenvalue weighted by Gasteiger charge is 2.04. The fourth-order valence-corrected chi connectivity index (χ4v) is 0.771. The normalized spacial score (nSPS) is 12.6. The molecule has 1 nitrogen and oxygen atoms in total. The first kappa shape index (κ1) is 8.42. The topological polar surface area (TPSA) is 23.8 Å². The zero-order valence-electron chi connectivity index (χ0n) is 5.73. The number of hydrogen-bond donors (Lipinski definition) is 0. The summed E-state index contributed by atoms with van der Waals surface area (Å²) in [6.45, 7) is 1.65. The SMILES string of the molecule is CCCC(CF)CC#N. The molecule has 0 saturated carbocycles. The second-order valence-corrected chi connectivity index (χ2v) is 2.17. The van der Waals surface area contributed by atoms with E-state index in [0.717, 1.165) is 12.8 Å². The van der Waals surface area contributed by atoms with Crippen molar-refractivity contribution in [2.24, 2.45) is 5.92 Å². The van der Waals surface area contributed by atoms with Gasteiger partial charge in [0.2, 0.25) is 0 Å². The average molecular weight is 129 g/mol. The highest BCUT2D eigenvalue weighted by atomic mass is 19.1. The lowest BCUT2D eigenvalue weighted by molar-refractivity contribution is 0.346. The van der Waals surface area contributed by atoms with Crippen LogP contribution in [0.3, 0.4) is 0 Å². The van der Waals surface area contributed by atoms with Crippen LogP contribution in [0.25, 0.3) is 0 Å². The molecule has 0 radical (unpaired) electrons. The van der Waals surface area contributed by atoms with Crippen LogP contribution in [0.2, 0.25) is 0 Å². The van der Waals surface area contributed by atoms with Crippen molar-refractivity contribution in [1.82, 2.24) is 0 Å². The van der Waals surface area contributed by atoms with Crippen LogP contribution in [0, 0.1) is 17.2 Å². The largest absolute Gasteiger partial charge is 0.251 e. The molecule has 0 amide bonds. The molecule has 1 atom stereocenters. The first-order valence-corrected chi connectivity index (χ1v) is 3.28. The molecule has 52 valence electrons. The van der Waals surface area contributed by atoms with Gasteiger partial charge in [0.1, 0.15) is 0 Å². The first-order chi connectivity index (χ1) is 4.35. The molecule has 0 spiro atoms. The molecule has 0 heterocycles. The van der Waals surface area contributed by atoms with Crippen LogP contribution in [-0.4, -0.2) is 6.67 Å². The van der Waals surface area contributed by atoms with Gasteiger partial charge in [-0.2, -0.15) is 5.26 Å². The quantitative estimate of drug-likeness (QED) is 0.571. The van der Waals surface area contributed by atoms with Crippen molar-refractivity contribution in [2.75, 3.05) is 6.67 Å². The Bertz CT molecular complexity index is 95.6. The summed E-state index contributed by atoms with van der Waals surface area (Å²) in [4.78, 5) is 0. The van der Waals surface area contributed by atoms with E-state index >= 15 is 0 Å². The van der Waals surface area contributed by atoms with E-state index in [2.05, 4.69) is 0 Å². The van der Waals surface area contributed by atoms with Crippen molar-refractivity contribution in [3.8, 4) is 6.07 Å². The van der Waals surface area contributed by atoms with Crippen LogP contribution in [-0.2, 0) is 0 Å². The van der Waals surface area contributed by atoms with E-state index in [9.17, 15) is 4.39 Å². The number of nitriles is 1. The summed E-state index contributed by atoms with van der Waals surface area (Å²) in [5, 5.41) is 8.18. The Hall–Kier alpha value is -0.580. The second kappa shape index (κ2) is 5.55. The van der Waals surface area contributed by atoms with Crippen LogP contribution >= 0.6 is 0 Å². The summed E-state index contributed by atoms with van der Waals surface area (Å²) in [5.41, 5.74) is 0. The first-order valence-electron chi connectivity index (χ1n) is 3.28. The molecule has 0 saturated heterocycles. The molecular formula is C7H12FN. The summed E-state index contributed by atoms with van der Waals surface area (Å²) in [7, 11) is 0. The van der Waals surface area contributed by atoms with Gasteiger partial charge in [0.05, 0.1) is 12.7 Å². The summed E-state index contributed by atoms with van der Waals surface area (Å²) in [6, 6.07) is 1.96. The van der Waals surface area contributed by atoms with Crippen molar-refractivity contribution < 1.29 is 4.39 Å². The van der Waals surface area contributed by atoms with Gasteiger partial charge in [-0.05, 0) is 6.42 Å². The Morgan fingerprint density at radius 3 is 2.67 bits per heavy atom. The van der Waals surface area contributed by atoms with Crippen LogP contribution in [0.5, 0.6) is 0 Å². The minimum atomic E-state index is -0.346. The predicted molar refractivity (Wildman–Crippen MR) is 34.6 cm³/mol. The monoisotopic (exact) mass is 129 g/mol. The zero-order chi connectivity index (χ0) is 7.11. The minimum Gasteiger partial charge on any atom is -0.251 e. The molecule has 0 rings (SSSR count). The molecule has 0 fully saturated rings. The van der Waals surface area contributed by atoms with Crippen LogP contribution in [0.15, 0.2) is 0 Å². The smallest absolute Gasteiger partial charge is 0.0932 e. The number of rotatable bonds is 4. The van der Waals surface area contributed by atoms with Crippen molar-refractivity contribution in [1.29, 1.82) is 5.26 Å². The lowest BCUT2D eigenvalue weighted by Crippen LogP contribution is -2.00. The molecule has 0 aliphatic carbocycles. The van der Waals surface area contributed by atoms with Gasteiger partial charge in [0.15, 0.2) is 0 Å². The molecule has 9 heavy (non-hydrogen) atoms. The van der Waals surface area contributed by atoms with Crippen molar-refractivity contribution >= 4 is 0 Å². The fraction of sp³-hybridized carbons (Fsp3) is 0.857. The Morgan fingerprint density at radius 1 is 1.67 bits per heavy atom. The maximum atomic E-state index is 11.9. The van der Waals surface area contributed by atoms with Crippen LogP contribution in [0.1, 0.15) is 26.2 Å². The Labute approximate surface area is 55.5 Å². The maximum Gasteiger partial charge on any atom is 0.0932 e. The molecule has 0 aromatic heterocycles. The van der Waals surface area contributed by atoms with Crippen molar-refractivity contribution in [2.45, 2.75) is 26.2 Å². The third-order valence-corrected chi connectivity index (χ3v) is 1.30. The van der Waals surface area contributed by atoms with Gasteiger partial charge in [-0.15, -0.1) is 0 Å². The third-order valence-electron chi connectivity index (χ3n) is 1.30. The Morgan fingerprint density at radius 2 is 2.33 bits per heavy atom.